The lowest BCUT2D eigenvalue weighted by atomic mass is 10.2. The van der Waals surface area contributed by atoms with Gasteiger partial charge >= 0.3 is 0 Å². The summed E-state index contributed by atoms with van der Waals surface area (Å²) in [6, 6.07) is 11.2. The molecule has 0 aromatic heterocycles. The topological polar surface area (TPSA) is 86.2 Å². The SMILES string of the molecule is COc1cc(OC)c(OC)cc1/C=N\NS(=O)(=O)c1ccccc1. The van der Waals surface area contributed by atoms with Crippen LogP contribution < -0.4 is 19.0 Å². The van der Waals surface area contributed by atoms with Crippen LogP contribution in [-0.4, -0.2) is 36.0 Å². The van der Waals surface area contributed by atoms with Gasteiger partial charge in [0, 0.05) is 11.6 Å². The Kier molecular flexibility index (Phi) is 5.64. The summed E-state index contributed by atoms with van der Waals surface area (Å²) >= 11 is 0. The van der Waals surface area contributed by atoms with Crippen molar-refractivity contribution in [3.63, 3.8) is 0 Å². The normalized spacial score (nSPS) is 11.3. The number of rotatable bonds is 7. The Morgan fingerprint density at radius 3 is 2.08 bits per heavy atom. The van der Waals surface area contributed by atoms with Crippen molar-refractivity contribution in [3.05, 3.63) is 48.0 Å². The smallest absolute Gasteiger partial charge is 0.276 e. The molecule has 2 aromatic rings. The first-order chi connectivity index (χ1) is 11.5. The molecule has 0 bridgehead atoms. The van der Waals surface area contributed by atoms with Crippen molar-refractivity contribution in [2.24, 2.45) is 5.10 Å². The predicted octanol–water partition coefficient (Wildman–Crippen LogP) is 2.02. The Morgan fingerprint density at radius 1 is 0.917 bits per heavy atom. The molecule has 0 aliphatic carbocycles. The number of ether oxygens (including phenoxy) is 3. The third-order valence-corrected chi connectivity index (χ3v) is 4.40. The zero-order valence-corrected chi connectivity index (χ0v) is 14.3. The Labute approximate surface area is 140 Å². The van der Waals surface area contributed by atoms with Crippen molar-refractivity contribution in [2.75, 3.05) is 21.3 Å². The molecule has 0 aliphatic rings. The van der Waals surface area contributed by atoms with E-state index in [0.29, 0.717) is 22.8 Å². The molecule has 0 heterocycles. The van der Waals surface area contributed by atoms with Crippen LogP contribution >= 0.6 is 0 Å². The molecule has 24 heavy (non-hydrogen) atoms. The van der Waals surface area contributed by atoms with Crippen LogP contribution in [0.4, 0.5) is 0 Å². The maximum absolute atomic E-state index is 12.1. The van der Waals surface area contributed by atoms with Crippen LogP contribution in [0.5, 0.6) is 17.2 Å². The summed E-state index contributed by atoms with van der Waals surface area (Å²) in [6.07, 6.45) is 1.33. The summed E-state index contributed by atoms with van der Waals surface area (Å²) in [5.41, 5.74) is 0.533. The molecule has 0 aliphatic heterocycles. The lowest BCUT2D eigenvalue weighted by molar-refractivity contribution is 0.349. The molecule has 2 rings (SSSR count). The zero-order valence-electron chi connectivity index (χ0n) is 13.5. The number of hydrazone groups is 1. The van der Waals surface area contributed by atoms with Crippen LogP contribution in [0.3, 0.4) is 0 Å². The van der Waals surface area contributed by atoms with Gasteiger partial charge in [-0.05, 0) is 18.2 Å². The molecule has 128 valence electrons. The molecule has 2 aromatic carbocycles. The van der Waals surface area contributed by atoms with E-state index in [-0.39, 0.29) is 4.90 Å². The molecule has 0 amide bonds. The summed E-state index contributed by atoms with van der Waals surface area (Å²) in [5, 5.41) is 3.79. The average Bonchev–Trinajstić information content (AvgIpc) is 2.61. The number of benzene rings is 2. The van der Waals surface area contributed by atoms with E-state index in [1.165, 1.54) is 39.7 Å². The molecule has 1 N–H and O–H groups in total. The predicted molar refractivity (Wildman–Crippen MR) is 90.5 cm³/mol. The van der Waals surface area contributed by atoms with Gasteiger partial charge in [-0.2, -0.15) is 13.5 Å². The van der Waals surface area contributed by atoms with E-state index in [9.17, 15) is 8.42 Å². The lowest BCUT2D eigenvalue weighted by Gasteiger charge is -2.11. The number of hydrogen-bond acceptors (Lipinski definition) is 6. The molecular weight excluding hydrogens is 332 g/mol. The highest BCUT2D eigenvalue weighted by Crippen LogP contribution is 2.33. The third-order valence-electron chi connectivity index (χ3n) is 3.17. The number of sulfonamides is 1. The average molecular weight is 350 g/mol. The second-order valence-corrected chi connectivity index (χ2v) is 6.28. The minimum absolute atomic E-state index is 0.126. The fourth-order valence-electron chi connectivity index (χ4n) is 1.97. The Morgan fingerprint density at radius 2 is 1.50 bits per heavy atom. The van der Waals surface area contributed by atoms with Crippen molar-refractivity contribution >= 4 is 16.2 Å². The number of hydrogen-bond donors (Lipinski definition) is 1. The molecular formula is C16H18N2O5S. The highest BCUT2D eigenvalue weighted by molar-refractivity contribution is 7.89. The van der Waals surface area contributed by atoms with Gasteiger partial charge in [-0.25, -0.2) is 4.83 Å². The van der Waals surface area contributed by atoms with Crippen LogP contribution in [0.2, 0.25) is 0 Å². The molecule has 0 spiro atoms. The number of nitrogens with zero attached hydrogens (tertiary/aromatic N) is 1. The zero-order chi connectivity index (χ0) is 17.6. The molecule has 0 fully saturated rings. The molecule has 8 heteroatoms. The minimum atomic E-state index is -3.72. The number of methoxy groups -OCH3 is 3. The van der Waals surface area contributed by atoms with E-state index < -0.39 is 10.0 Å². The van der Waals surface area contributed by atoms with Crippen LogP contribution in [0, 0.1) is 0 Å². The van der Waals surface area contributed by atoms with Gasteiger partial charge in [0.2, 0.25) is 0 Å². The first-order valence-electron chi connectivity index (χ1n) is 6.91. The molecule has 0 atom stereocenters. The van der Waals surface area contributed by atoms with Gasteiger partial charge in [0.25, 0.3) is 10.0 Å². The van der Waals surface area contributed by atoms with Crippen molar-refractivity contribution < 1.29 is 22.6 Å². The Balaban J connectivity index is 2.26. The van der Waals surface area contributed by atoms with Crippen molar-refractivity contribution in [3.8, 4) is 17.2 Å². The van der Waals surface area contributed by atoms with Crippen LogP contribution in [-0.2, 0) is 10.0 Å². The lowest BCUT2D eigenvalue weighted by Crippen LogP contribution is -2.18. The van der Waals surface area contributed by atoms with E-state index in [0.717, 1.165) is 0 Å². The largest absolute Gasteiger partial charge is 0.496 e. The van der Waals surface area contributed by atoms with Crippen LogP contribution in [0.1, 0.15) is 5.56 Å². The van der Waals surface area contributed by atoms with Gasteiger partial charge in [-0.1, -0.05) is 18.2 Å². The molecule has 0 unspecified atom stereocenters. The fourth-order valence-corrected chi connectivity index (χ4v) is 2.78. The summed E-state index contributed by atoms with van der Waals surface area (Å²) < 4.78 is 39.9. The summed E-state index contributed by atoms with van der Waals surface area (Å²) in [5.74, 6) is 1.44. The van der Waals surface area contributed by atoms with Gasteiger partial charge in [0.15, 0.2) is 11.5 Å². The minimum Gasteiger partial charge on any atom is -0.496 e. The second-order valence-electron chi connectivity index (χ2n) is 4.62. The summed E-state index contributed by atoms with van der Waals surface area (Å²) in [6.45, 7) is 0. The van der Waals surface area contributed by atoms with Crippen molar-refractivity contribution in [1.29, 1.82) is 0 Å². The first kappa shape index (κ1) is 17.6. The van der Waals surface area contributed by atoms with Crippen molar-refractivity contribution in [1.82, 2.24) is 4.83 Å². The van der Waals surface area contributed by atoms with Gasteiger partial charge in [-0.15, -0.1) is 0 Å². The summed E-state index contributed by atoms with van der Waals surface area (Å²) in [7, 11) is 0.786. The van der Waals surface area contributed by atoms with Gasteiger partial charge in [0.05, 0.1) is 32.4 Å². The van der Waals surface area contributed by atoms with E-state index >= 15 is 0 Å². The summed E-state index contributed by atoms with van der Waals surface area (Å²) in [4.78, 5) is 2.28. The maximum atomic E-state index is 12.1. The van der Waals surface area contributed by atoms with E-state index in [4.69, 9.17) is 14.2 Å². The Bertz CT molecular complexity index is 820. The first-order valence-corrected chi connectivity index (χ1v) is 8.40. The maximum Gasteiger partial charge on any atom is 0.276 e. The monoisotopic (exact) mass is 350 g/mol. The van der Waals surface area contributed by atoms with Gasteiger partial charge < -0.3 is 14.2 Å². The quantitative estimate of drug-likeness (QED) is 0.610. The van der Waals surface area contributed by atoms with Gasteiger partial charge in [-0.3, -0.25) is 0 Å². The molecule has 7 nitrogen and oxygen atoms in total. The molecule has 0 saturated heterocycles. The van der Waals surface area contributed by atoms with Gasteiger partial charge in [0.1, 0.15) is 5.75 Å². The molecule has 0 radical (unpaired) electrons. The highest BCUT2D eigenvalue weighted by atomic mass is 32.2. The van der Waals surface area contributed by atoms with Crippen LogP contribution in [0.25, 0.3) is 0 Å². The Hall–Kier alpha value is -2.74. The van der Waals surface area contributed by atoms with Crippen molar-refractivity contribution in [2.45, 2.75) is 4.90 Å². The number of nitrogens with one attached hydrogen (secondary N) is 1. The van der Waals surface area contributed by atoms with E-state index in [2.05, 4.69) is 9.93 Å². The highest BCUT2D eigenvalue weighted by Gasteiger charge is 2.13. The molecule has 0 saturated carbocycles. The standard InChI is InChI=1S/C16H18N2O5S/c1-21-14-10-16(23-3)15(22-2)9-12(14)11-17-18-24(19,20)13-7-5-4-6-8-13/h4-11,18H,1-3H3/b17-11-. The van der Waals surface area contributed by atoms with E-state index in [1.807, 2.05) is 0 Å². The van der Waals surface area contributed by atoms with Crippen LogP contribution in [0.15, 0.2) is 52.5 Å². The fraction of sp³-hybridized carbons (Fsp3) is 0.188. The van der Waals surface area contributed by atoms with E-state index in [1.54, 1.807) is 30.3 Å². The third kappa shape index (κ3) is 3.96. The second kappa shape index (κ2) is 7.69.